The standard InChI is InChI=1S/C31H40N4O4/c1-5-33(6-2)24-14-12-23(13-15-24)30(38)32-25(18-21(3)4)31(39)34-17-16-26-29(34)27(36)20-35(26)28(37)19-22-10-8-7-9-11-22/h7-15,21,25-26,29H,5-6,16-20H2,1-4H3,(H,32,38). The molecule has 3 amide bonds. The second kappa shape index (κ2) is 12.5. The highest BCUT2D eigenvalue weighted by atomic mass is 16.2. The number of carbonyl (C=O) groups excluding carboxylic acids is 4. The fraction of sp³-hybridized carbons (Fsp3) is 0.484. The lowest BCUT2D eigenvalue weighted by molar-refractivity contribution is -0.138. The van der Waals surface area contributed by atoms with Gasteiger partial charge in [0.2, 0.25) is 11.8 Å². The number of Topliss-reactive ketones (excluding diaryl/α,β-unsaturated/α-hetero) is 1. The van der Waals surface area contributed by atoms with Crippen LogP contribution in [0.2, 0.25) is 0 Å². The van der Waals surface area contributed by atoms with Crippen LogP contribution in [0.3, 0.4) is 0 Å². The molecule has 39 heavy (non-hydrogen) atoms. The SMILES string of the molecule is CCN(CC)c1ccc(C(=O)NC(CC(C)C)C(=O)N2CCC3C2C(=O)CN3C(=O)Cc2ccccc2)cc1. The number of likely N-dealkylation sites (tertiary alicyclic amines) is 2. The first-order valence-electron chi connectivity index (χ1n) is 14.1. The average Bonchev–Trinajstić information content (AvgIpc) is 3.50. The monoisotopic (exact) mass is 532 g/mol. The van der Waals surface area contributed by atoms with Crippen molar-refractivity contribution in [3.8, 4) is 0 Å². The number of nitrogens with one attached hydrogen (secondary N) is 1. The Bertz CT molecular complexity index is 1180. The summed E-state index contributed by atoms with van der Waals surface area (Å²) in [6.07, 6.45) is 1.24. The molecule has 0 aromatic heterocycles. The van der Waals surface area contributed by atoms with Crippen molar-refractivity contribution in [2.45, 2.75) is 65.1 Å². The number of amides is 3. The number of nitrogens with zero attached hydrogens (tertiary/aromatic N) is 3. The lowest BCUT2D eigenvalue weighted by Gasteiger charge is -2.29. The normalized spacial score (nSPS) is 19.3. The molecule has 1 N–H and O–H groups in total. The summed E-state index contributed by atoms with van der Waals surface area (Å²) in [6.45, 7) is 10.3. The summed E-state index contributed by atoms with van der Waals surface area (Å²) in [7, 11) is 0. The van der Waals surface area contributed by atoms with E-state index in [0.29, 0.717) is 24.9 Å². The van der Waals surface area contributed by atoms with Crippen LogP contribution < -0.4 is 10.2 Å². The molecule has 2 saturated heterocycles. The number of rotatable bonds is 10. The number of carbonyl (C=O) groups is 4. The highest BCUT2D eigenvalue weighted by Gasteiger charge is 2.52. The zero-order chi connectivity index (χ0) is 28.1. The van der Waals surface area contributed by atoms with Gasteiger partial charge >= 0.3 is 0 Å². The molecule has 2 aromatic carbocycles. The molecule has 3 unspecified atom stereocenters. The molecule has 0 spiro atoms. The maximum Gasteiger partial charge on any atom is 0.251 e. The summed E-state index contributed by atoms with van der Waals surface area (Å²) in [6, 6.07) is 15.1. The topological polar surface area (TPSA) is 90.0 Å². The third-order valence-electron chi connectivity index (χ3n) is 7.79. The average molecular weight is 533 g/mol. The number of benzene rings is 2. The Morgan fingerprint density at radius 2 is 1.64 bits per heavy atom. The third kappa shape index (κ3) is 6.32. The quantitative estimate of drug-likeness (QED) is 0.507. The van der Waals surface area contributed by atoms with Crippen LogP contribution in [0.1, 0.15) is 56.5 Å². The van der Waals surface area contributed by atoms with Gasteiger partial charge in [-0.3, -0.25) is 19.2 Å². The third-order valence-corrected chi connectivity index (χ3v) is 7.79. The Hall–Kier alpha value is -3.68. The van der Waals surface area contributed by atoms with E-state index in [1.54, 1.807) is 21.9 Å². The van der Waals surface area contributed by atoms with E-state index < -0.39 is 12.1 Å². The predicted octanol–water partition coefficient (Wildman–Crippen LogP) is 3.30. The van der Waals surface area contributed by atoms with Gasteiger partial charge in [-0.25, -0.2) is 0 Å². The maximum atomic E-state index is 13.8. The van der Waals surface area contributed by atoms with E-state index in [-0.39, 0.29) is 48.4 Å². The molecule has 2 aromatic rings. The van der Waals surface area contributed by atoms with Crippen LogP contribution in [0, 0.1) is 5.92 Å². The minimum atomic E-state index is -0.749. The van der Waals surface area contributed by atoms with Gasteiger partial charge in [-0.05, 0) is 62.4 Å². The number of hydrogen-bond donors (Lipinski definition) is 1. The van der Waals surface area contributed by atoms with Crippen LogP contribution in [0.5, 0.6) is 0 Å². The zero-order valence-electron chi connectivity index (χ0n) is 23.4. The number of ketones is 1. The molecule has 8 heteroatoms. The van der Waals surface area contributed by atoms with Gasteiger partial charge in [-0.1, -0.05) is 44.2 Å². The summed E-state index contributed by atoms with van der Waals surface area (Å²) in [5, 5.41) is 2.94. The highest BCUT2D eigenvalue weighted by molar-refractivity contribution is 6.01. The van der Waals surface area contributed by atoms with Crippen molar-refractivity contribution >= 4 is 29.2 Å². The van der Waals surface area contributed by atoms with E-state index in [0.717, 1.165) is 24.3 Å². The number of hydrogen-bond acceptors (Lipinski definition) is 5. The van der Waals surface area contributed by atoms with Crippen LogP contribution in [0.25, 0.3) is 0 Å². The molecule has 2 aliphatic rings. The van der Waals surface area contributed by atoms with Gasteiger partial charge in [0, 0.05) is 30.9 Å². The molecule has 3 atom stereocenters. The molecular weight excluding hydrogens is 492 g/mol. The van der Waals surface area contributed by atoms with Gasteiger partial charge in [0.1, 0.15) is 12.1 Å². The second-order valence-corrected chi connectivity index (χ2v) is 10.9. The minimum Gasteiger partial charge on any atom is -0.372 e. The highest BCUT2D eigenvalue weighted by Crippen LogP contribution is 2.31. The largest absolute Gasteiger partial charge is 0.372 e. The summed E-state index contributed by atoms with van der Waals surface area (Å²) in [5.41, 5.74) is 2.43. The van der Waals surface area contributed by atoms with Crippen molar-refractivity contribution in [2.75, 3.05) is 31.1 Å². The molecule has 2 aliphatic heterocycles. The summed E-state index contributed by atoms with van der Waals surface area (Å²) < 4.78 is 0. The molecule has 0 saturated carbocycles. The van der Waals surface area contributed by atoms with E-state index in [1.165, 1.54) is 0 Å². The Morgan fingerprint density at radius 3 is 2.26 bits per heavy atom. The first kappa shape index (κ1) is 28.3. The van der Waals surface area contributed by atoms with Crippen LogP contribution in [-0.4, -0.2) is 77.6 Å². The molecule has 4 rings (SSSR count). The molecule has 2 fully saturated rings. The van der Waals surface area contributed by atoms with Gasteiger partial charge < -0.3 is 20.0 Å². The van der Waals surface area contributed by atoms with Crippen LogP contribution in [0.4, 0.5) is 5.69 Å². The van der Waals surface area contributed by atoms with E-state index in [2.05, 4.69) is 24.1 Å². The van der Waals surface area contributed by atoms with Crippen molar-refractivity contribution in [3.63, 3.8) is 0 Å². The molecular formula is C31H40N4O4. The van der Waals surface area contributed by atoms with Gasteiger partial charge in [0.25, 0.3) is 5.91 Å². The first-order chi connectivity index (χ1) is 18.7. The smallest absolute Gasteiger partial charge is 0.251 e. The van der Waals surface area contributed by atoms with E-state index in [4.69, 9.17) is 0 Å². The van der Waals surface area contributed by atoms with Crippen molar-refractivity contribution in [3.05, 3.63) is 65.7 Å². The van der Waals surface area contributed by atoms with E-state index >= 15 is 0 Å². The zero-order valence-corrected chi connectivity index (χ0v) is 23.4. The molecule has 8 nitrogen and oxygen atoms in total. The summed E-state index contributed by atoms with van der Waals surface area (Å²) in [5.74, 6) is -0.625. The van der Waals surface area contributed by atoms with Crippen LogP contribution in [0.15, 0.2) is 54.6 Å². The van der Waals surface area contributed by atoms with Crippen molar-refractivity contribution in [1.29, 1.82) is 0 Å². The Labute approximate surface area is 231 Å². The molecule has 208 valence electrons. The van der Waals surface area contributed by atoms with Gasteiger partial charge in [0.05, 0.1) is 19.0 Å². The second-order valence-electron chi connectivity index (χ2n) is 10.9. The fourth-order valence-corrected chi connectivity index (χ4v) is 5.81. The van der Waals surface area contributed by atoms with Gasteiger partial charge in [0.15, 0.2) is 5.78 Å². The molecule has 0 aliphatic carbocycles. The van der Waals surface area contributed by atoms with E-state index in [1.807, 2.05) is 56.3 Å². The lowest BCUT2D eigenvalue weighted by atomic mass is 10.0. The van der Waals surface area contributed by atoms with Crippen molar-refractivity contribution < 1.29 is 19.2 Å². The summed E-state index contributed by atoms with van der Waals surface area (Å²) >= 11 is 0. The summed E-state index contributed by atoms with van der Waals surface area (Å²) in [4.78, 5) is 58.5. The Morgan fingerprint density at radius 1 is 0.974 bits per heavy atom. The number of fused-ring (bicyclic) bond motifs is 1. The maximum absolute atomic E-state index is 13.8. The number of anilines is 1. The first-order valence-corrected chi connectivity index (χ1v) is 14.1. The van der Waals surface area contributed by atoms with Crippen LogP contribution in [-0.2, 0) is 20.8 Å². The van der Waals surface area contributed by atoms with E-state index in [9.17, 15) is 19.2 Å². The molecule has 0 bridgehead atoms. The predicted molar refractivity (Wildman–Crippen MR) is 151 cm³/mol. The molecule has 2 heterocycles. The van der Waals surface area contributed by atoms with Gasteiger partial charge in [-0.2, -0.15) is 0 Å². The lowest BCUT2D eigenvalue weighted by Crippen LogP contribution is -2.53. The van der Waals surface area contributed by atoms with Crippen molar-refractivity contribution in [2.24, 2.45) is 5.92 Å². The van der Waals surface area contributed by atoms with Crippen molar-refractivity contribution in [1.82, 2.24) is 15.1 Å². The van der Waals surface area contributed by atoms with Gasteiger partial charge in [-0.15, -0.1) is 0 Å². The Balaban J connectivity index is 1.45. The Kier molecular flexibility index (Phi) is 9.04. The molecule has 0 radical (unpaired) electrons. The fourth-order valence-electron chi connectivity index (χ4n) is 5.81. The minimum absolute atomic E-state index is 0.0187. The van der Waals surface area contributed by atoms with Crippen LogP contribution >= 0.6 is 0 Å².